The smallest absolute Gasteiger partial charge is 0.102 e. The average Bonchev–Trinajstić information content (AvgIpc) is 3.29. The third-order valence-electron chi connectivity index (χ3n) is 6.33. The van der Waals surface area contributed by atoms with E-state index >= 15 is 0 Å². The Morgan fingerprint density at radius 3 is 2.64 bits per heavy atom. The van der Waals surface area contributed by atoms with Crippen molar-refractivity contribution in [3.63, 3.8) is 0 Å². The molecule has 0 aliphatic rings. The Morgan fingerprint density at radius 2 is 1.94 bits per heavy atom. The summed E-state index contributed by atoms with van der Waals surface area (Å²) >= 11 is 0. The number of nitrogens with zero attached hydrogens (tertiary/aromatic N) is 4. The number of hydrogen-bond donors (Lipinski definition) is 1. The van der Waals surface area contributed by atoms with E-state index in [2.05, 4.69) is 53.5 Å². The molecule has 0 radical (unpaired) electrons. The second kappa shape index (κ2) is 12.5. The van der Waals surface area contributed by atoms with E-state index in [0.29, 0.717) is 17.8 Å². The van der Waals surface area contributed by atoms with Crippen LogP contribution in [0.3, 0.4) is 0 Å². The third kappa shape index (κ3) is 6.58. The fraction of sp³-hybridized carbons (Fsp3) is 0.333. The molecule has 0 bridgehead atoms. The molecule has 5 nitrogen and oxygen atoms in total. The Morgan fingerprint density at radius 1 is 1.17 bits per heavy atom. The van der Waals surface area contributed by atoms with Gasteiger partial charge in [0.2, 0.25) is 0 Å². The van der Waals surface area contributed by atoms with E-state index in [4.69, 9.17) is 0 Å². The normalized spacial score (nSPS) is 12.4. The van der Waals surface area contributed by atoms with E-state index in [0.717, 1.165) is 59.4 Å². The molecular weight excluding hydrogens is 449 g/mol. The van der Waals surface area contributed by atoms with Gasteiger partial charge < -0.3 is 10.2 Å². The van der Waals surface area contributed by atoms with Crippen LogP contribution in [0.5, 0.6) is 0 Å². The first-order valence-corrected chi connectivity index (χ1v) is 12.6. The zero-order valence-corrected chi connectivity index (χ0v) is 22.2. The monoisotopic (exact) mass is 487 g/mol. The minimum absolute atomic E-state index is 0.189. The summed E-state index contributed by atoms with van der Waals surface area (Å²) in [6.07, 6.45) is 11.5. The van der Waals surface area contributed by atoms with E-state index in [-0.39, 0.29) is 5.83 Å². The Bertz CT molecular complexity index is 1300. The highest BCUT2D eigenvalue weighted by Crippen LogP contribution is 2.28. The van der Waals surface area contributed by atoms with E-state index in [9.17, 15) is 4.39 Å². The molecule has 0 aliphatic heterocycles. The lowest BCUT2D eigenvalue weighted by atomic mass is 9.96. The van der Waals surface area contributed by atoms with Gasteiger partial charge in [0.05, 0.1) is 11.7 Å². The predicted molar refractivity (Wildman–Crippen MR) is 149 cm³/mol. The topological polar surface area (TPSA) is 45.5 Å². The Labute approximate surface area is 214 Å². The molecule has 190 valence electrons. The summed E-state index contributed by atoms with van der Waals surface area (Å²) in [6, 6.07) is 6.22. The molecule has 0 saturated carbocycles. The van der Waals surface area contributed by atoms with Crippen LogP contribution in [0.1, 0.15) is 61.6 Å². The van der Waals surface area contributed by atoms with E-state index < -0.39 is 0 Å². The van der Waals surface area contributed by atoms with E-state index in [1.165, 1.54) is 11.6 Å². The van der Waals surface area contributed by atoms with Gasteiger partial charge in [-0.25, -0.2) is 8.91 Å². The molecule has 0 fully saturated rings. The number of halogens is 1. The van der Waals surface area contributed by atoms with Crippen LogP contribution in [0.15, 0.2) is 73.6 Å². The minimum Gasteiger partial charge on any atom is -0.356 e. The van der Waals surface area contributed by atoms with Crippen molar-refractivity contribution in [3.05, 3.63) is 102 Å². The van der Waals surface area contributed by atoms with Crippen molar-refractivity contribution in [1.29, 1.82) is 0 Å². The summed E-state index contributed by atoms with van der Waals surface area (Å²) in [7, 11) is 2.16. The first-order chi connectivity index (χ1) is 17.3. The lowest BCUT2D eigenvalue weighted by molar-refractivity contribution is 0.339. The Kier molecular flexibility index (Phi) is 9.37. The fourth-order valence-electron chi connectivity index (χ4n) is 4.08. The molecule has 0 spiro atoms. The molecule has 0 aromatic carbocycles. The van der Waals surface area contributed by atoms with Crippen LogP contribution in [0.2, 0.25) is 0 Å². The molecule has 0 atom stereocenters. The molecule has 0 amide bonds. The number of likely N-dealkylation sites (N-methyl/N-ethyl adjacent to an activating group) is 1. The third-order valence-corrected chi connectivity index (χ3v) is 6.33. The van der Waals surface area contributed by atoms with Crippen LogP contribution in [0.4, 0.5) is 4.39 Å². The van der Waals surface area contributed by atoms with Gasteiger partial charge in [-0.1, -0.05) is 33.1 Å². The maximum atomic E-state index is 13.8. The summed E-state index contributed by atoms with van der Waals surface area (Å²) in [5.41, 5.74) is 8.18. The number of rotatable bonds is 12. The van der Waals surface area contributed by atoms with Crippen molar-refractivity contribution in [1.82, 2.24) is 24.8 Å². The number of fused-ring (bicyclic) bond motifs is 1. The molecule has 3 heterocycles. The molecule has 3 aromatic heterocycles. The minimum atomic E-state index is -0.189. The zero-order chi connectivity index (χ0) is 26.2. The van der Waals surface area contributed by atoms with Gasteiger partial charge in [0.15, 0.2) is 0 Å². The fourth-order valence-corrected chi connectivity index (χ4v) is 4.08. The quantitative estimate of drug-likeness (QED) is 0.288. The first kappa shape index (κ1) is 27.1. The van der Waals surface area contributed by atoms with Crippen molar-refractivity contribution in [2.45, 2.75) is 47.0 Å². The van der Waals surface area contributed by atoms with E-state index in [1.807, 2.05) is 49.0 Å². The molecule has 1 N–H and O–H groups in total. The van der Waals surface area contributed by atoms with Crippen LogP contribution in [-0.4, -0.2) is 39.6 Å². The molecular formula is C30H38FN5. The zero-order valence-electron chi connectivity index (χ0n) is 22.2. The number of hydrogen-bond acceptors (Lipinski definition) is 4. The van der Waals surface area contributed by atoms with Gasteiger partial charge in [0.25, 0.3) is 0 Å². The Hall–Kier alpha value is -3.51. The van der Waals surface area contributed by atoms with Gasteiger partial charge in [-0.15, -0.1) is 0 Å². The molecule has 3 rings (SSSR count). The summed E-state index contributed by atoms with van der Waals surface area (Å²) < 4.78 is 15.7. The average molecular weight is 488 g/mol. The van der Waals surface area contributed by atoms with Crippen molar-refractivity contribution < 1.29 is 4.39 Å². The second-order valence-corrected chi connectivity index (χ2v) is 9.10. The molecule has 0 unspecified atom stereocenters. The summed E-state index contributed by atoms with van der Waals surface area (Å²) in [6.45, 7) is 18.5. The van der Waals surface area contributed by atoms with Gasteiger partial charge in [-0.3, -0.25) is 4.98 Å². The Balaban J connectivity index is 1.86. The van der Waals surface area contributed by atoms with Crippen molar-refractivity contribution >= 4 is 16.8 Å². The van der Waals surface area contributed by atoms with Crippen molar-refractivity contribution in [3.8, 4) is 0 Å². The molecule has 36 heavy (non-hydrogen) atoms. The van der Waals surface area contributed by atoms with Crippen molar-refractivity contribution in [2.75, 3.05) is 20.1 Å². The number of pyridine rings is 2. The van der Waals surface area contributed by atoms with Crippen LogP contribution < -0.4 is 5.32 Å². The summed E-state index contributed by atoms with van der Waals surface area (Å²) in [5, 5.41) is 7.73. The molecule has 6 heteroatoms. The summed E-state index contributed by atoms with van der Waals surface area (Å²) in [4.78, 5) is 6.95. The van der Waals surface area contributed by atoms with Gasteiger partial charge in [0, 0.05) is 47.2 Å². The maximum Gasteiger partial charge on any atom is 0.102 e. The maximum absolute atomic E-state index is 13.8. The van der Waals surface area contributed by atoms with Gasteiger partial charge >= 0.3 is 0 Å². The van der Waals surface area contributed by atoms with Crippen LogP contribution in [-0.2, 0) is 6.42 Å². The van der Waals surface area contributed by atoms with Gasteiger partial charge in [-0.2, -0.15) is 5.10 Å². The van der Waals surface area contributed by atoms with Gasteiger partial charge in [0.1, 0.15) is 5.83 Å². The second-order valence-electron chi connectivity index (χ2n) is 9.10. The molecule has 0 aliphatic carbocycles. The lowest BCUT2D eigenvalue weighted by Crippen LogP contribution is -2.21. The summed E-state index contributed by atoms with van der Waals surface area (Å²) in [5.74, 6) is -0.189. The highest BCUT2D eigenvalue weighted by atomic mass is 19.1. The number of nitrogens with one attached hydrogen (secondary N) is 1. The number of aromatic nitrogens is 3. The van der Waals surface area contributed by atoms with Crippen molar-refractivity contribution in [2.24, 2.45) is 0 Å². The largest absolute Gasteiger partial charge is 0.356 e. The van der Waals surface area contributed by atoms with E-state index in [1.54, 1.807) is 13.1 Å². The molecule has 0 saturated heterocycles. The highest BCUT2D eigenvalue weighted by Gasteiger charge is 2.13. The highest BCUT2D eigenvalue weighted by molar-refractivity contribution is 5.82. The first-order valence-electron chi connectivity index (χ1n) is 12.6. The number of allylic oxidation sites excluding steroid dienone is 3. The lowest BCUT2D eigenvalue weighted by Gasteiger charge is -2.15. The van der Waals surface area contributed by atoms with Crippen LogP contribution in [0.25, 0.3) is 16.8 Å². The van der Waals surface area contributed by atoms with Gasteiger partial charge in [-0.05, 0) is 87.7 Å². The number of aryl methyl sites for hydroxylation is 1. The van der Waals surface area contributed by atoms with Crippen LogP contribution >= 0.6 is 0 Å². The predicted octanol–water partition coefficient (Wildman–Crippen LogP) is 6.71. The SMILES string of the molecule is C=C(NC(/C=C(/F)CC)=C/C)c1cnc(C)c(C(=C)c2ccn3ncc(CCN(C)CCC)c3c2)c1. The molecule has 3 aromatic rings. The van der Waals surface area contributed by atoms with Crippen LogP contribution in [0, 0.1) is 6.92 Å². The standard InChI is InChI=1S/C30H38FN5/c1-8-13-35(7)14-11-25-20-33-36-15-12-24(17-30(25)36)21(4)29-16-26(19-32-23(29)6)22(5)34-28(10-3)18-27(31)9-2/h10,12,15-20,34H,4-5,8-9,11,13-14H2,1-3,6-7H3/b27-18+,28-10+.